The van der Waals surface area contributed by atoms with Crippen LogP contribution in [0.5, 0.6) is 0 Å². The van der Waals surface area contributed by atoms with Crippen molar-refractivity contribution >= 4 is 27.4 Å². The molecule has 0 aliphatic heterocycles. The number of halogens is 1. The van der Waals surface area contributed by atoms with E-state index in [4.69, 9.17) is 5.73 Å². The largest absolute Gasteiger partial charge is 0.383 e. The molecule has 0 saturated heterocycles. The van der Waals surface area contributed by atoms with E-state index in [2.05, 4.69) is 25.9 Å². The number of fused-ring (bicyclic) bond motifs is 1. The Balaban J connectivity index is 2.27. The Morgan fingerprint density at radius 3 is 2.78 bits per heavy atom. The molecule has 0 atom stereocenters. The molecule has 3 rings (SSSR count). The maximum atomic E-state index is 6.12. The lowest BCUT2D eigenvalue weighted by molar-refractivity contribution is 1.19. The topological polar surface area (TPSA) is 56.2 Å². The summed E-state index contributed by atoms with van der Waals surface area (Å²) in [6, 6.07) is 7.79. The molecule has 0 aliphatic carbocycles. The van der Waals surface area contributed by atoms with Crippen LogP contribution in [-0.2, 0) is 0 Å². The first-order valence-electron chi connectivity index (χ1n) is 5.52. The molecule has 0 unspecified atom stereocenters. The zero-order valence-corrected chi connectivity index (χ0v) is 11.3. The Bertz CT molecular complexity index is 716. The lowest BCUT2D eigenvalue weighted by Gasteiger charge is -1.99. The van der Waals surface area contributed by atoms with Gasteiger partial charge in [0.05, 0.1) is 10.2 Å². The van der Waals surface area contributed by atoms with Gasteiger partial charge < -0.3 is 5.73 Å². The van der Waals surface area contributed by atoms with Crippen molar-refractivity contribution in [3.8, 4) is 11.4 Å². The fourth-order valence-electron chi connectivity index (χ4n) is 1.85. The third-order valence-electron chi connectivity index (χ3n) is 2.79. The number of anilines is 1. The van der Waals surface area contributed by atoms with Crippen LogP contribution in [0.4, 0.5) is 5.82 Å². The van der Waals surface area contributed by atoms with Crippen LogP contribution >= 0.6 is 15.9 Å². The summed E-state index contributed by atoms with van der Waals surface area (Å²) in [5, 5.41) is 0. The van der Waals surface area contributed by atoms with E-state index in [0.29, 0.717) is 11.5 Å². The summed E-state index contributed by atoms with van der Waals surface area (Å²) in [7, 11) is 0. The van der Waals surface area contributed by atoms with Crippen molar-refractivity contribution in [1.82, 2.24) is 14.4 Å². The molecule has 3 aromatic rings. The van der Waals surface area contributed by atoms with Crippen molar-refractivity contribution in [2.45, 2.75) is 6.92 Å². The monoisotopic (exact) mass is 302 g/mol. The lowest BCUT2D eigenvalue weighted by atomic mass is 10.2. The summed E-state index contributed by atoms with van der Waals surface area (Å²) < 4.78 is 2.76. The van der Waals surface area contributed by atoms with Crippen molar-refractivity contribution in [2.24, 2.45) is 0 Å². The molecule has 0 amide bonds. The van der Waals surface area contributed by atoms with Crippen LogP contribution in [0.15, 0.2) is 41.1 Å². The molecule has 0 bridgehead atoms. The van der Waals surface area contributed by atoms with E-state index < -0.39 is 0 Å². The van der Waals surface area contributed by atoms with Crippen molar-refractivity contribution in [3.63, 3.8) is 0 Å². The highest BCUT2D eigenvalue weighted by atomic mass is 79.9. The second-order valence-electron chi connectivity index (χ2n) is 4.12. The van der Waals surface area contributed by atoms with E-state index in [0.717, 1.165) is 21.4 Å². The summed E-state index contributed by atoms with van der Waals surface area (Å²) in [5.74, 6) is 0.600. The molecule has 3 aromatic heterocycles. The van der Waals surface area contributed by atoms with Gasteiger partial charge in [-0.25, -0.2) is 4.98 Å². The molecule has 0 aliphatic rings. The molecular formula is C13H11BrN4. The first-order valence-corrected chi connectivity index (χ1v) is 6.31. The van der Waals surface area contributed by atoms with Crippen LogP contribution in [0.1, 0.15) is 5.56 Å². The molecule has 4 nitrogen and oxygen atoms in total. The summed E-state index contributed by atoms with van der Waals surface area (Å²) in [6.45, 7) is 2.00. The van der Waals surface area contributed by atoms with Crippen molar-refractivity contribution in [3.05, 3.63) is 46.7 Å². The molecule has 0 radical (unpaired) electrons. The highest BCUT2D eigenvalue weighted by Crippen LogP contribution is 2.28. The van der Waals surface area contributed by atoms with E-state index in [1.54, 1.807) is 0 Å². The molecule has 0 fully saturated rings. The minimum atomic E-state index is 0.600. The summed E-state index contributed by atoms with van der Waals surface area (Å²) >= 11 is 3.47. The number of hydrogen-bond acceptors (Lipinski definition) is 3. The number of pyridine rings is 2. The van der Waals surface area contributed by atoms with Crippen LogP contribution in [0.2, 0.25) is 0 Å². The molecule has 0 aromatic carbocycles. The van der Waals surface area contributed by atoms with Crippen molar-refractivity contribution < 1.29 is 0 Å². The van der Waals surface area contributed by atoms with Crippen LogP contribution in [0, 0.1) is 6.92 Å². The average Bonchev–Trinajstić information content (AvgIpc) is 2.70. The molecule has 90 valence electrons. The first-order chi connectivity index (χ1) is 8.66. The third-order valence-corrected chi connectivity index (χ3v) is 3.41. The van der Waals surface area contributed by atoms with E-state index in [1.807, 2.05) is 48.0 Å². The van der Waals surface area contributed by atoms with E-state index in [1.165, 1.54) is 0 Å². The fourth-order valence-corrected chi connectivity index (χ4v) is 2.28. The van der Waals surface area contributed by atoms with E-state index in [-0.39, 0.29) is 0 Å². The lowest BCUT2D eigenvalue weighted by Crippen LogP contribution is -1.94. The number of aromatic nitrogens is 3. The van der Waals surface area contributed by atoms with Gasteiger partial charge in [-0.1, -0.05) is 6.07 Å². The maximum absolute atomic E-state index is 6.12. The van der Waals surface area contributed by atoms with Gasteiger partial charge in [0.25, 0.3) is 0 Å². The number of nitrogens with two attached hydrogens (primary N) is 1. The van der Waals surface area contributed by atoms with E-state index >= 15 is 0 Å². The van der Waals surface area contributed by atoms with Gasteiger partial charge in [0.15, 0.2) is 5.65 Å². The van der Waals surface area contributed by atoms with Gasteiger partial charge in [-0.15, -0.1) is 0 Å². The molecule has 18 heavy (non-hydrogen) atoms. The number of hydrogen-bond donors (Lipinski definition) is 1. The number of imidazole rings is 1. The Morgan fingerprint density at radius 2 is 2.11 bits per heavy atom. The highest BCUT2D eigenvalue weighted by Gasteiger charge is 2.13. The number of nitrogen functional groups attached to an aromatic ring is 1. The number of nitrogens with zero attached hydrogens (tertiary/aromatic N) is 3. The Kier molecular flexibility index (Phi) is 2.56. The van der Waals surface area contributed by atoms with Crippen LogP contribution in [0.25, 0.3) is 17.0 Å². The molecule has 3 heterocycles. The Morgan fingerprint density at radius 1 is 1.28 bits per heavy atom. The van der Waals surface area contributed by atoms with Gasteiger partial charge in [0, 0.05) is 12.4 Å². The predicted octanol–water partition coefficient (Wildman–Crippen LogP) is 3.05. The molecule has 5 heteroatoms. The van der Waals surface area contributed by atoms with Crippen molar-refractivity contribution in [2.75, 3.05) is 5.73 Å². The smallest absolute Gasteiger partial charge is 0.153 e. The predicted molar refractivity (Wildman–Crippen MR) is 75.3 cm³/mol. The van der Waals surface area contributed by atoms with Gasteiger partial charge in [-0.05, 0) is 46.6 Å². The quantitative estimate of drug-likeness (QED) is 0.751. The van der Waals surface area contributed by atoms with E-state index in [9.17, 15) is 0 Å². The number of aryl methyl sites for hydroxylation is 1. The number of rotatable bonds is 1. The standard InChI is InChI=1S/C13H11BrN4/c1-8-4-5-10(16-7-8)11-12(15)18-6-2-3-9(14)13(18)17-11/h2-7H,15H2,1H3. The normalized spacial score (nSPS) is 11.0. The summed E-state index contributed by atoms with van der Waals surface area (Å²) in [6.07, 6.45) is 3.70. The second-order valence-corrected chi connectivity index (χ2v) is 4.97. The van der Waals surface area contributed by atoms with Crippen LogP contribution in [-0.4, -0.2) is 14.4 Å². The second kappa shape index (κ2) is 4.10. The molecule has 0 saturated carbocycles. The van der Waals surface area contributed by atoms with Gasteiger partial charge in [-0.3, -0.25) is 9.38 Å². The molecule has 0 spiro atoms. The average molecular weight is 303 g/mol. The SMILES string of the molecule is Cc1ccc(-c2nc3c(Br)cccn3c2N)nc1. The minimum absolute atomic E-state index is 0.600. The minimum Gasteiger partial charge on any atom is -0.383 e. The highest BCUT2D eigenvalue weighted by molar-refractivity contribution is 9.10. The zero-order valence-electron chi connectivity index (χ0n) is 9.76. The van der Waals surface area contributed by atoms with Crippen LogP contribution in [0.3, 0.4) is 0 Å². The van der Waals surface area contributed by atoms with Crippen molar-refractivity contribution in [1.29, 1.82) is 0 Å². The zero-order chi connectivity index (χ0) is 12.7. The summed E-state index contributed by atoms with van der Waals surface area (Å²) in [4.78, 5) is 8.90. The first kappa shape index (κ1) is 11.2. The van der Waals surface area contributed by atoms with Gasteiger partial charge in [0.1, 0.15) is 11.5 Å². The maximum Gasteiger partial charge on any atom is 0.153 e. The molecule has 2 N–H and O–H groups in total. The van der Waals surface area contributed by atoms with Gasteiger partial charge >= 0.3 is 0 Å². The summed E-state index contributed by atoms with van der Waals surface area (Å²) in [5.41, 5.74) is 9.53. The fraction of sp³-hybridized carbons (Fsp3) is 0.0769. The van der Waals surface area contributed by atoms with Gasteiger partial charge in [-0.2, -0.15) is 0 Å². The van der Waals surface area contributed by atoms with Crippen LogP contribution < -0.4 is 5.73 Å². The third kappa shape index (κ3) is 1.67. The Labute approximate surface area is 113 Å². The Hall–Kier alpha value is -1.88. The van der Waals surface area contributed by atoms with Gasteiger partial charge in [0.2, 0.25) is 0 Å². The molecular weight excluding hydrogens is 292 g/mol.